The number of thioether (sulfide) groups is 1. The number of amides is 1. The highest BCUT2D eigenvalue weighted by Gasteiger charge is 2.35. The van der Waals surface area contributed by atoms with Crippen LogP contribution in [0.3, 0.4) is 0 Å². The number of piperidine rings is 1. The van der Waals surface area contributed by atoms with Crippen LogP contribution in [0.1, 0.15) is 12.8 Å². The monoisotopic (exact) mass is 257 g/mol. The van der Waals surface area contributed by atoms with Gasteiger partial charge in [0.2, 0.25) is 5.91 Å². The van der Waals surface area contributed by atoms with Gasteiger partial charge in [-0.2, -0.15) is 11.8 Å². The maximum Gasteiger partial charge on any atom is 0.224 e. The van der Waals surface area contributed by atoms with Gasteiger partial charge in [0.25, 0.3) is 0 Å². The lowest BCUT2D eigenvalue weighted by Gasteiger charge is -2.37. The number of nitrogens with one attached hydrogen (secondary N) is 2. The van der Waals surface area contributed by atoms with Crippen LogP contribution in [0.4, 0.5) is 0 Å². The summed E-state index contributed by atoms with van der Waals surface area (Å²) < 4.78 is 0. The van der Waals surface area contributed by atoms with E-state index >= 15 is 0 Å². The third-order valence-corrected chi connectivity index (χ3v) is 5.06. The summed E-state index contributed by atoms with van der Waals surface area (Å²) in [5, 5.41) is 6.93. The number of carbonyl (C=O) groups excluding carboxylic acids is 1. The van der Waals surface area contributed by atoms with E-state index in [2.05, 4.69) is 21.8 Å². The fraction of sp³-hybridized carbons (Fsp3) is 0.917. The highest BCUT2D eigenvalue weighted by molar-refractivity contribution is 7.99. The molecule has 3 unspecified atom stereocenters. The number of likely N-dealkylation sites (tertiary alicyclic amines) is 1. The Morgan fingerprint density at radius 1 is 1.47 bits per heavy atom. The summed E-state index contributed by atoms with van der Waals surface area (Å²) in [4.78, 5) is 14.2. The van der Waals surface area contributed by atoms with Crippen LogP contribution in [-0.4, -0.2) is 61.6 Å². The summed E-state index contributed by atoms with van der Waals surface area (Å²) in [6.07, 6.45) is 4.38. The topological polar surface area (TPSA) is 44.4 Å². The molecule has 3 atom stereocenters. The average molecular weight is 257 g/mol. The molecular weight excluding hydrogens is 234 g/mol. The van der Waals surface area contributed by atoms with E-state index in [-0.39, 0.29) is 11.8 Å². The molecule has 2 fully saturated rings. The molecular formula is C12H23N3OS. The Balaban J connectivity index is 1.94. The van der Waals surface area contributed by atoms with Crippen molar-refractivity contribution in [3.8, 4) is 0 Å². The molecule has 0 aromatic rings. The van der Waals surface area contributed by atoms with E-state index in [0.29, 0.717) is 11.3 Å². The van der Waals surface area contributed by atoms with E-state index < -0.39 is 0 Å². The Hall–Kier alpha value is -0.260. The molecule has 2 N–H and O–H groups in total. The third kappa shape index (κ3) is 2.95. The molecule has 0 aromatic heterocycles. The van der Waals surface area contributed by atoms with Crippen molar-refractivity contribution in [1.82, 2.24) is 15.5 Å². The van der Waals surface area contributed by atoms with Crippen LogP contribution in [0.2, 0.25) is 0 Å². The van der Waals surface area contributed by atoms with Crippen LogP contribution in [0.5, 0.6) is 0 Å². The number of carbonyl (C=O) groups is 1. The van der Waals surface area contributed by atoms with Crippen molar-refractivity contribution in [1.29, 1.82) is 0 Å². The fourth-order valence-electron chi connectivity index (χ4n) is 2.97. The second-order valence-electron chi connectivity index (χ2n) is 4.95. The molecule has 98 valence electrons. The molecule has 5 heteroatoms. The summed E-state index contributed by atoms with van der Waals surface area (Å²) in [6, 6.07) is 0.609. The molecule has 2 aliphatic heterocycles. The van der Waals surface area contributed by atoms with Crippen molar-refractivity contribution < 1.29 is 4.79 Å². The first kappa shape index (κ1) is 13.2. The fourth-order valence-corrected chi connectivity index (χ4v) is 3.84. The van der Waals surface area contributed by atoms with Crippen LogP contribution < -0.4 is 10.6 Å². The predicted molar refractivity (Wildman–Crippen MR) is 72.3 cm³/mol. The Kier molecular flexibility index (Phi) is 4.70. The van der Waals surface area contributed by atoms with E-state index in [1.807, 2.05) is 11.8 Å². The maximum atomic E-state index is 11.7. The van der Waals surface area contributed by atoms with Gasteiger partial charge in [0, 0.05) is 38.0 Å². The summed E-state index contributed by atoms with van der Waals surface area (Å²) in [5.41, 5.74) is 0. The van der Waals surface area contributed by atoms with Gasteiger partial charge < -0.3 is 10.6 Å². The van der Waals surface area contributed by atoms with Gasteiger partial charge in [-0.1, -0.05) is 0 Å². The number of hydrogen-bond donors (Lipinski definition) is 2. The normalized spacial score (nSPS) is 34.8. The van der Waals surface area contributed by atoms with Crippen molar-refractivity contribution in [3.05, 3.63) is 0 Å². The van der Waals surface area contributed by atoms with Crippen molar-refractivity contribution in [2.75, 3.05) is 39.5 Å². The SMILES string of the molecule is CNC(=O)C1CCCN(C2CNCC2SC)C1. The molecule has 0 saturated carbocycles. The first-order valence-electron chi connectivity index (χ1n) is 6.45. The largest absolute Gasteiger partial charge is 0.359 e. The van der Waals surface area contributed by atoms with Gasteiger partial charge in [0.1, 0.15) is 0 Å². The lowest BCUT2D eigenvalue weighted by molar-refractivity contribution is -0.126. The lowest BCUT2D eigenvalue weighted by Crippen LogP contribution is -2.50. The van der Waals surface area contributed by atoms with Gasteiger partial charge in [-0.25, -0.2) is 0 Å². The molecule has 0 spiro atoms. The zero-order valence-corrected chi connectivity index (χ0v) is 11.6. The Morgan fingerprint density at radius 2 is 2.29 bits per heavy atom. The molecule has 2 heterocycles. The molecule has 17 heavy (non-hydrogen) atoms. The number of rotatable bonds is 3. The molecule has 2 rings (SSSR count). The zero-order valence-electron chi connectivity index (χ0n) is 10.7. The van der Waals surface area contributed by atoms with Gasteiger partial charge in [0.05, 0.1) is 5.92 Å². The van der Waals surface area contributed by atoms with E-state index in [0.717, 1.165) is 39.0 Å². The molecule has 0 bridgehead atoms. The van der Waals surface area contributed by atoms with E-state index in [1.165, 1.54) is 0 Å². The van der Waals surface area contributed by atoms with Crippen LogP contribution in [0.15, 0.2) is 0 Å². The maximum absolute atomic E-state index is 11.7. The Bertz CT molecular complexity index is 274. The predicted octanol–water partition coefficient (Wildman–Crippen LogP) is 0.148. The van der Waals surface area contributed by atoms with Crippen molar-refractivity contribution in [2.24, 2.45) is 5.92 Å². The minimum Gasteiger partial charge on any atom is -0.359 e. The van der Waals surface area contributed by atoms with E-state index in [4.69, 9.17) is 0 Å². The van der Waals surface area contributed by atoms with Gasteiger partial charge in [-0.15, -0.1) is 0 Å². The minimum atomic E-state index is 0.192. The first-order valence-corrected chi connectivity index (χ1v) is 7.74. The second kappa shape index (κ2) is 6.07. The standard InChI is InChI=1S/C12H23N3OS/c1-13-12(16)9-4-3-5-15(8-9)10-6-14-7-11(10)17-2/h9-11,14H,3-8H2,1-2H3,(H,13,16). The average Bonchev–Trinajstić information content (AvgIpc) is 2.86. The molecule has 0 aliphatic carbocycles. The molecule has 2 saturated heterocycles. The smallest absolute Gasteiger partial charge is 0.224 e. The highest BCUT2D eigenvalue weighted by Crippen LogP contribution is 2.25. The highest BCUT2D eigenvalue weighted by atomic mass is 32.2. The van der Waals surface area contributed by atoms with Gasteiger partial charge in [0.15, 0.2) is 0 Å². The van der Waals surface area contributed by atoms with Crippen LogP contribution in [-0.2, 0) is 4.79 Å². The van der Waals surface area contributed by atoms with Crippen LogP contribution in [0.25, 0.3) is 0 Å². The van der Waals surface area contributed by atoms with E-state index in [1.54, 1.807) is 7.05 Å². The molecule has 4 nitrogen and oxygen atoms in total. The molecule has 2 aliphatic rings. The Labute approximate surface area is 108 Å². The van der Waals surface area contributed by atoms with Gasteiger partial charge in [-0.3, -0.25) is 9.69 Å². The summed E-state index contributed by atoms with van der Waals surface area (Å²) >= 11 is 1.94. The van der Waals surface area contributed by atoms with Gasteiger partial charge in [-0.05, 0) is 25.6 Å². The number of hydrogen-bond acceptors (Lipinski definition) is 4. The molecule has 0 radical (unpaired) electrons. The Morgan fingerprint density at radius 3 is 3.00 bits per heavy atom. The van der Waals surface area contributed by atoms with Gasteiger partial charge >= 0.3 is 0 Å². The van der Waals surface area contributed by atoms with Crippen LogP contribution in [0, 0.1) is 5.92 Å². The summed E-state index contributed by atoms with van der Waals surface area (Å²) in [7, 11) is 1.74. The summed E-state index contributed by atoms with van der Waals surface area (Å²) in [5.74, 6) is 0.401. The third-order valence-electron chi connectivity index (χ3n) is 3.97. The minimum absolute atomic E-state index is 0.192. The first-order chi connectivity index (χ1) is 8.26. The van der Waals surface area contributed by atoms with Crippen molar-refractivity contribution in [3.63, 3.8) is 0 Å². The van der Waals surface area contributed by atoms with Crippen LogP contribution >= 0.6 is 11.8 Å². The lowest BCUT2D eigenvalue weighted by atomic mass is 9.95. The molecule has 1 amide bonds. The number of nitrogens with zero attached hydrogens (tertiary/aromatic N) is 1. The van der Waals surface area contributed by atoms with E-state index in [9.17, 15) is 4.79 Å². The van der Waals surface area contributed by atoms with Crippen molar-refractivity contribution >= 4 is 17.7 Å². The second-order valence-corrected chi connectivity index (χ2v) is 6.02. The van der Waals surface area contributed by atoms with Crippen molar-refractivity contribution in [2.45, 2.75) is 24.1 Å². The summed E-state index contributed by atoms with van der Waals surface area (Å²) in [6.45, 7) is 4.26. The quantitative estimate of drug-likeness (QED) is 0.755. The molecule has 0 aromatic carbocycles. The zero-order chi connectivity index (χ0) is 12.3.